The highest BCUT2D eigenvalue weighted by molar-refractivity contribution is 8.33. The van der Waals surface area contributed by atoms with Gasteiger partial charge in [-0.3, -0.25) is 0 Å². The maximum Gasteiger partial charge on any atom is 0.165 e. The summed E-state index contributed by atoms with van der Waals surface area (Å²) in [6.07, 6.45) is 0. The number of benzene rings is 2. The summed E-state index contributed by atoms with van der Waals surface area (Å²) in [6, 6.07) is 11.9. The van der Waals surface area contributed by atoms with E-state index in [0.717, 1.165) is 32.5 Å². The van der Waals surface area contributed by atoms with Gasteiger partial charge in [0.15, 0.2) is 10.2 Å². The van der Waals surface area contributed by atoms with E-state index in [0.29, 0.717) is 106 Å². The Morgan fingerprint density at radius 1 is 0.370 bits per heavy atom. The summed E-state index contributed by atoms with van der Waals surface area (Å²) in [5.41, 5.74) is 0. The van der Waals surface area contributed by atoms with Crippen LogP contribution in [-0.4, -0.2) is 106 Å². The summed E-state index contributed by atoms with van der Waals surface area (Å²) in [5.74, 6) is 1.58. The predicted molar refractivity (Wildman–Crippen MR) is 185 cm³/mol. The molecule has 8 bridgehead atoms. The normalized spacial score (nSPS) is 23.0. The SMILES string of the molecule is C1=C2OCCOCCOCCOCCOc3cccc4c(cccc34)OCCOCCOCCOCCOC3=CS/C(=C(\S1)S2)S3. The van der Waals surface area contributed by atoms with Crippen LogP contribution in [0.15, 0.2) is 65.9 Å². The number of fused-ring (bicyclic) bond motifs is 4. The predicted octanol–water partition coefficient (Wildman–Crippen LogP) is 6.43. The van der Waals surface area contributed by atoms with Crippen LogP contribution in [0.4, 0.5) is 0 Å². The topological polar surface area (TPSA) is 92.3 Å². The molecular weight excluding hydrogens is 673 g/mol. The first-order chi connectivity index (χ1) is 22.9. The molecule has 0 radical (unpaired) electrons. The summed E-state index contributed by atoms with van der Waals surface area (Å²) in [6.45, 7) is 7.75. The first-order valence-corrected chi connectivity index (χ1v) is 18.6. The lowest BCUT2D eigenvalue weighted by atomic mass is 10.1. The zero-order valence-corrected chi connectivity index (χ0v) is 28.9. The van der Waals surface area contributed by atoms with Crippen molar-refractivity contribution >= 4 is 57.8 Å². The average molecular weight is 713 g/mol. The second kappa shape index (κ2) is 21.3. The molecule has 0 aliphatic carbocycles. The molecule has 0 amide bonds. The molecule has 3 aliphatic heterocycles. The van der Waals surface area contributed by atoms with E-state index in [1.54, 1.807) is 47.0 Å². The Morgan fingerprint density at radius 3 is 1.07 bits per heavy atom. The van der Waals surface area contributed by atoms with Crippen LogP contribution in [0.3, 0.4) is 0 Å². The molecule has 0 unspecified atom stereocenters. The molecule has 0 atom stereocenters. The number of hydrogen-bond donors (Lipinski definition) is 0. The molecule has 10 nitrogen and oxygen atoms in total. The molecule has 3 aliphatic rings. The largest absolute Gasteiger partial charge is 0.491 e. The Hall–Kier alpha value is -1.72. The van der Waals surface area contributed by atoms with Crippen molar-refractivity contribution in [1.29, 1.82) is 0 Å². The molecule has 46 heavy (non-hydrogen) atoms. The minimum Gasteiger partial charge on any atom is -0.491 e. The highest BCUT2D eigenvalue weighted by Crippen LogP contribution is 2.55. The van der Waals surface area contributed by atoms with Crippen LogP contribution >= 0.6 is 47.0 Å². The van der Waals surface area contributed by atoms with Crippen LogP contribution in [0.5, 0.6) is 11.5 Å². The van der Waals surface area contributed by atoms with Gasteiger partial charge in [-0.25, -0.2) is 0 Å². The third-order valence-corrected chi connectivity index (χ3v) is 11.4. The van der Waals surface area contributed by atoms with E-state index < -0.39 is 0 Å². The maximum atomic E-state index is 6.02. The molecule has 3 heterocycles. The van der Waals surface area contributed by atoms with Gasteiger partial charge in [-0.2, -0.15) is 0 Å². The molecule has 14 heteroatoms. The molecule has 0 aromatic heterocycles. The number of rotatable bonds is 0. The van der Waals surface area contributed by atoms with Gasteiger partial charge in [0.1, 0.15) is 37.9 Å². The molecule has 0 N–H and O–H groups in total. The Balaban J connectivity index is 1.03. The fraction of sp³-hybridized carbons (Fsp3) is 0.500. The number of hydrogen-bond acceptors (Lipinski definition) is 14. The van der Waals surface area contributed by atoms with Crippen molar-refractivity contribution in [2.45, 2.75) is 0 Å². The van der Waals surface area contributed by atoms with Crippen LogP contribution in [0.2, 0.25) is 0 Å². The van der Waals surface area contributed by atoms with Crippen LogP contribution in [0, 0.1) is 0 Å². The van der Waals surface area contributed by atoms with E-state index in [2.05, 4.69) is 0 Å². The van der Waals surface area contributed by atoms with Crippen LogP contribution in [0.25, 0.3) is 10.8 Å². The van der Waals surface area contributed by atoms with Gasteiger partial charge in [0, 0.05) is 21.6 Å². The van der Waals surface area contributed by atoms with Gasteiger partial charge in [0.2, 0.25) is 0 Å². The van der Waals surface area contributed by atoms with Gasteiger partial charge < -0.3 is 47.4 Å². The Bertz CT molecular complexity index is 1210. The van der Waals surface area contributed by atoms with E-state index in [-0.39, 0.29) is 0 Å². The molecule has 0 saturated heterocycles. The van der Waals surface area contributed by atoms with Crippen LogP contribution in [0.1, 0.15) is 0 Å². The van der Waals surface area contributed by atoms with Crippen LogP contribution in [-0.2, 0) is 37.9 Å². The lowest BCUT2D eigenvalue weighted by Gasteiger charge is -2.13. The first-order valence-electron chi connectivity index (χ1n) is 15.2. The lowest BCUT2D eigenvalue weighted by Crippen LogP contribution is -2.14. The summed E-state index contributed by atoms with van der Waals surface area (Å²) in [5, 5.41) is 7.81. The van der Waals surface area contributed by atoms with Gasteiger partial charge in [-0.15, -0.1) is 0 Å². The second-order valence-electron chi connectivity index (χ2n) is 9.56. The first kappa shape index (κ1) is 35.6. The smallest absolute Gasteiger partial charge is 0.165 e. The van der Waals surface area contributed by atoms with Crippen molar-refractivity contribution in [2.24, 2.45) is 0 Å². The van der Waals surface area contributed by atoms with Crippen molar-refractivity contribution in [3.05, 3.63) is 65.9 Å². The molecule has 0 saturated carbocycles. The van der Waals surface area contributed by atoms with Crippen molar-refractivity contribution in [1.82, 2.24) is 0 Å². The molecule has 0 fully saturated rings. The average Bonchev–Trinajstić information content (AvgIpc) is 3.75. The third kappa shape index (κ3) is 12.4. The minimum absolute atomic E-state index is 0.436. The van der Waals surface area contributed by atoms with E-state index >= 15 is 0 Å². The third-order valence-electron chi connectivity index (χ3n) is 6.32. The van der Waals surface area contributed by atoms with E-state index in [1.807, 2.05) is 47.2 Å². The van der Waals surface area contributed by atoms with Crippen LogP contribution < -0.4 is 9.47 Å². The van der Waals surface area contributed by atoms with Gasteiger partial charge in [0.05, 0.1) is 87.8 Å². The summed E-state index contributed by atoms with van der Waals surface area (Å²) in [7, 11) is 0. The molecule has 2 aromatic rings. The monoisotopic (exact) mass is 712 g/mol. The summed E-state index contributed by atoms with van der Waals surface area (Å²) in [4.78, 5) is 0. The lowest BCUT2D eigenvalue weighted by molar-refractivity contribution is 0.00225. The molecule has 5 rings (SSSR count). The van der Waals surface area contributed by atoms with Crippen molar-refractivity contribution in [2.75, 3.05) is 106 Å². The molecule has 2 aromatic carbocycles. The minimum atomic E-state index is 0.436. The second-order valence-corrected chi connectivity index (χ2v) is 13.9. The Labute approximate surface area is 287 Å². The van der Waals surface area contributed by atoms with Gasteiger partial charge in [-0.05, 0) is 35.7 Å². The quantitative estimate of drug-likeness (QED) is 0.301. The summed E-state index contributed by atoms with van der Waals surface area (Å²) >= 11 is 6.61. The Morgan fingerprint density at radius 2 is 0.696 bits per heavy atom. The number of ether oxygens (including phenoxy) is 10. The summed E-state index contributed by atoms with van der Waals surface area (Å²) < 4.78 is 60.0. The standard InChI is InChI=1S/C32H40O10S4/c1-3-25-26-4-2-6-28(25)40-20-16-36-12-8-34-10-14-38-18-22-42-30-24-44-32(46-30)31-43-23-29(45-31)41-21-17-37-13-9-33-7-11-35-15-19-39-27(26)5-1/h1-6,23-24H,7-22H2/b32-31-. The van der Waals surface area contributed by atoms with Gasteiger partial charge in [-0.1, -0.05) is 47.8 Å². The fourth-order valence-corrected chi connectivity index (χ4v) is 8.67. The molecule has 0 spiro atoms. The van der Waals surface area contributed by atoms with Gasteiger partial charge >= 0.3 is 0 Å². The zero-order valence-electron chi connectivity index (χ0n) is 25.6. The van der Waals surface area contributed by atoms with Crippen molar-refractivity contribution in [3.63, 3.8) is 0 Å². The van der Waals surface area contributed by atoms with E-state index in [1.165, 1.54) is 8.47 Å². The van der Waals surface area contributed by atoms with Crippen molar-refractivity contribution < 1.29 is 47.4 Å². The van der Waals surface area contributed by atoms with E-state index in [4.69, 9.17) is 47.4 Å². The van der Waals surface area contributed by atoms with E-state index in [9.17, 15) is 0 Å². The molecule has 252 valence electrons. The highest BCUT2D eigenvalue weighted by Gasteiger charge is 2.23. The highest BCUT2D eigenvalue weighted by atomic mass is 32.2. The fourth-order valence-electron chi connectivity index (χ4n) is 4.20. The maximum absolute atomic E-state index is 6.02. The zero-order chi connectivity index (χ0) is 31.5. The van der Waals surface area contributed by atoms with Crippen molar-refractivity contribution in [3.8, 4) is 11.5 Å². The number of thioether (sulfide) groups is 4. The molecular formula is C32H40O10S4. The Kier molecular flexibility index (Phi) is 16.5. The van der Waals surface area contributed by atoms with Gasteiger partial charge in [0.25, 0.3) is 0 Å².